The summed E-state index contributed by atoms with van der Waals surface area (Å²) in [6, 6.07) is 1.67. The highest BCUT2D eigenvalue weighted by Gasteiger charge is 2.22. The number of allylic oxidation sites excluding steroid dienone is 1. The van der Waals surface area contributed by atoms with Gasteiger partial charge in [0.1, 0.15) is 6.10 Å². The van der Waals surface area contributed by atoms with E-state index in [1.165, 1.54) is 6.26 Å². The first-order valence-electron chi connectivity index (χ1n) is 5.76. The lowest BCUT2D eigenvalue weighted by Crippen LogP contribution is -2.23. The molecule has 0 radical (unpaired) electrons. The third kappa shape index (κ3) is 2.98. The molecule has 0 aliphatic carbocycles. The highest BCUT2D eigenvalue weighted by atomic mass is 19.2. The molecular weight excluding hydrogens is 258 g/mol. The van der Waals surface area contributed by atoms with Crippen LogP contribution in [0.5, 0.6) is 0 Å². The van der Waals surface area contributed by atoms with E-state index in [1.54, 1.807) is 0 Å². The maximum Gasteiger partial charge on any atom is 0.295 e. The maximum atomic E-state index is 13.6. The Labute approximate surface area is 108 Å². The smallest absolute Gasteiger partial charge is 0.295 e. The van der Waals surface area contributed by atoms with Gasteiger partial charge in [-0.1, -0.05) is 0 Å². The van der Waals surface area contributed by atoms with Crippen molar-refractivity contribution in [2.75, 3.05) is 11.9 Å². The van der Waals surface area contributed by atoms with Crippen LogP contribution in [-0.2, 0) is 4.74 Å². The summed E-state index contributed by atoms with van der Waals surface area (Å²) in [7, 11) is 0. The molecule has 0 amide bonds. The van der Waals surface area contributed by atoms with Crippen molar-refractivity contribution in [3.05, 3.63) is 46.2 Å². The van der Waals surface area contributed by atoms with Gasteiger partial charge in [0, 0.05) is 6.07 Å². The van der Waals surface area contributed by atoms with E-state index in [2.05, 4.69) is 5.32 Å². The monoisotopic (exact) mass is 270 g/mol. The van der Waals surface area contributed by atoms with Crippen molar-refractivity contribution in [1.29, 1.82) is 0 Å². The fourth-order valence-electron chi connectivity index (χ4n) is 1.81. The molecule has 102 valence electrons. The summed E-state index contributed by atoms with van der Waals surface area (Å²) in [5.74, 6) is -2.38. The first kappa shape index (κ1) is 13.3. The highest BCUT2D eigenvalue weighted by Crippen LogP contribution is 2.29. The number of benzene rings is 1. The van der Waals surface area contributed by atoms with Gasteiger partial charge < -0.3 is 10.1 Å². The molecule has 0 saturated heterocycles. The fraction of sp³-hybridized carbons (Fsp3) is 0.333. The number of nitrogens with one attached hydrogen (secondary N) is 1. The van der Waals surface area contributed by atoms with E-state index in [1.807, 2.05) is 6.08 Å². The molecule has 1 aliphatic rings. The van der Waals surface area contributed by atoms with Crippen LogP contribution in [0.1, 0.15) is 12.8 Å². The quantitative estimate of drug-likeness (QED) is 0.674. The predicted octanol–water partition coefficient (Wildman–Crippen LogP) is 2.98. The van der Waals surface area contributed by atoms with Crippen LogP contribution in [0.3, 0.4) is 0 Å². The summed E-state index contributed by atoms with van der Waals surface area (Å²) >= 11 is 0. The Morgan fingerprint density at radius 1 is 1.47 bits per heavy atom. The van der Waals surface area contributed by atoms with Crippen LogP contribution in [0, 0.1) is 21.7 Å². The minimum absolute atomic E-state index is 0.172. The lowest BCUT2D eigenvalue weighted by atomic mass is 10.1. The van der Waals surface area contributed by atoms with Gasteiger partial charge in [-0.3, -0.25) is 10.1 Å². The Morgan fingerprint density at radius 3 is 2.89 bits per heavy atom. The summed E-state index contributed by atoms with van der Waals surface area (Å²) in [6.07, 6.45) is 4.70. The molecule has 0 spiro atoms. The molecule has 1 N–H and O–H groups in total. The summed E-state index contributed by atoms with van der Waals surface area (Å²) in [5, 5.41) is 13.3. The van der Waals surface area contributed by atoms with Crippen LogP contribution in [0.15, 0.2) is 24.5 Å². The molecule has 2 rings (SSSR count). The molecule has 1 aromatic rings. The van der Waals surface area contributed by atoms with E-state index < -0.39 is 27.9 Å². The number of anilines is 1. The molecule has 5 nitrogen and oxygen atoms in total. The van der Waals surface area contributed by atoms with Crippen LogP contribution in [-0.4, -0.2) is 17.6 Å². The molecule has 7 heteroatoms. The Morgan fingerprint density at radius 2 is 2.26 bits per heavy atom. The number of hydrogen-bond donors (Lipinski definition) is 1. The normalized spacial score (nSPS) is 17.9. The zero-order valence-electron chi connectivity index (χ0n) is 9.94. The average molecular weight is 270 g/mol. The van der Waals surface area contributed by atoms with Gasteiger partial charge in [0.25, 0.3) is 5.69 Å². The van der Waals surface area contributed by atoms with Crippen molar-refractivity contribution < 1.29 is 18.4 Å². The number of ether oxygens (including phenoxy) is 1. The molecule has 1 heterocycles. The second kappa shape index (κ2) is 5.64. The number of nitro groups is 1. The molecule has 19 heavy (non-hydrogen) atoms. The molecule has 1 atom stereocenters. The van der Waals surface area contributed by atoms with Crippen LogP contribution < -0.4 is 5.32 Å². The Kier molecular flexibility index (Phi) is 3.94. The van der Waals surface area contributed by atoms with E-state index in [0.29, 0.717) is 6.42 Å². The molecule has 0 fully saturated rings. The Balaban J connectivity index is 2.16. The lowest BCUT2D eigenvalue weighted by Gasteiger charge is -2.20. The Bertz CT molecular complexity index is 520. The van der Waals surface area contributed by atoms with Gasteiger partial charge in [-0.15, -0.1) is 0 Å². The van der Waals surface area contributed by atoms with Crippen LogP contribution in [0.2, 0.25) is 0 Å². The van der Waals surface area contributed by atoms with Crippen LogP contribution >= 0.6 is 0 Å². The van der Waals surface area contributed by atoms with Gasteiger partial charge in [0.05, 0.1) is 17.7 Å². The van der Waals surface area contributed by atoms with Gasteiger partial charge >= 0.3 is 0 Å². The second-order valence-corrected chi connectivity index (χ2v) is 4.10. The van der Waals surface area contributed by atoms with E-state index >= 15 is 0 Å². The lowest BCUT2D eigenvalue weighted by molar-refractivity contribution is -0.384. The van der Waals surface area contributed by atoms with Crippen molar-refractivity contribution in [2.24, 2.45) is 0 Å². The highest BCUT2D eigenvalue weighted by molar-refractivity contribution is 5.62. The van der Waals surface area contributed by atoms with Gasteiger partial charge in [0.2, 0.25) is 0 Å². The molecule has 1 aliphatic heterocycles. The van der Waals surface area contributed by atoms with Crippen molar-refractivity contribution in [2.45, 2.75) is 18.9 Å². The van der Waals surface area contributed by atoms with Crippen molar-refractivity contribution in [3.63, 3.8) is 0 Å². The number of rotatable bonds is 4. The van der Waals surface area contributed by atoms with E-state index in [9.17, 15) is 18.9 Å². The summed E-state index contributed by atoms with van der Waals surface area (Å²) in [4.78, 5) is 10.0. The Hall–Kier alpha value is -2.18. The molecule has 0 aromatic heterocycles. The van der Waals surface area contributed by atoms with E-state index in [-0.39, 0.29) is 12.6 Å². The zero-order chi connectivity index (χ0) is 13.8. The SMILES string of the molecule is O=[N+]([O-])c1ccc(F)c(F)c1NCC1CCC=CO1. The largest absolute Gasteiger partial charge is 0.497 e. The first-order valence-corrected chi connectivity index (χ1v) is 5.76. The fourth-order valence-corrected chi connectivity index (χ4v) is 1.81. The summed E-state index contributed by atoms with van der Waals surface area (Å²) < 4.78 is 31.9. The summed E-state index contributed by atoms with van der Waals surface area (Å²) in [5.41, 5.74) is -0.937. The first-order chi connectivity index (χ1) is 9.09. The minimum atomic E-state index is -1.25. The number of nitrogens with zero attached hydrogens (tertiary/aromatic N) is 1. The second-order valence-electron chi connectivity index (χ2n) is 4.10. The number of hydrogen-bond acceptors (Lipinski definition) is 4. The van der Waals surface area contributed by atoms with Gasteiger partial charge in [-0.05, 0) is 25.0 Å². The van der Waals surface area contributed by atoms with Gasteiger partial charge in [0.15, 0.2) is 17.3 Å². The molecule has 1 aromatic carbocycles. The molecule has 1 unspecified atom stereocenters. The number of halogens is 2. The third-order valence-corrected chi connectivity index (χ3v) is 2.80. The van der Waals surface area contributed by atoms with E-state index in [4.69, 9.17) is 4.74 Å². The van der Waals surface area contributed by atoms with Crippen molar-refractivity contribution >= 4 is 11.4 Å². The van der Waals surface area contributed by atoms with Gasteiger partial charge in [-0.2, -0.15) is 0 Å². The maximum absolute atomic E-state index is 13.6. The zero-order valence-corrected chi connectivity index (χ0v) is 9.94. The van der Waals surface area contributed by atoms with E-state index in [0.717, 1.165) is 18.6 Å². The van der Waals surface area contributed by atoms with Crippen molar-refractivity contribution in [1.82, 2.24) is 0 Å². The van der Waals surface area contributed by atoms with Gasteiger partial charge in [-0.25, -0.2) is 8.78 Å². The average Bonchev–Trinajstić information content (AvgIpc) is 2.41. The third-order valence-electron chi connectivity index (χ3n) is 2.80. The number of nitro benzene ring substituents is 1. The van der Waals surface area contributed by atoms with Crippen molar-refractivity contribution in [3.8, 4) is 0 Å². The molecule has 0 bridgehead atoms. The molecule has 0 saturated carbocycles. The minimum Gasteiger partial charge on any atom is -0.497 e. The summed E-state index contributed by atoms with van der Waals surface area (Å²) in [6.45, 7) is 0.172. The van der Waals surface area contributed by atoms with Crippen LogP contribution in [0.25, 0.3) is 0 Å². The topological polar surface area (TPSA) is 64.4 Å². The van der Waals surface area contributed by atoms with Crippen LogP contribution in [0.4, 0.5) is 20.2 Å². The molecular formula is C12H12F2N2O3. The predicted molar refractivity (Wildman–Crippen MR) is 64.7 cm³/mol. The standard InChI is InChI=1S/C12H12F2N2O3/c13-9-4-5-10(16(17)18)12(11(9)14)15-7-8-3-1-2-6-19-8/h2,4-6,8,15H,1,3,7H2.